The molecule has 1 heterocycles. The van der Waals surface area contributed by atoms with Crippen LogP contribution < -0.4 is 10.6 Å². The Morgan fingerprint density at radius 2 is 1.45 bits per heavy atom. The highest BCUT2D eigenvalue weighted by Crippen LogP contribution is 2.36. The fourth-order valence-electron chi connectivity index (χ4n) is 2.39. The van der Waals surface area contributed by atoms with Crippen molar-refractivity contribution in [2.45, 2.75) is 10.4 Å². The average molecular weight is 417 g/mol. The van der Waals surface area contributed by atoms with E-state index in [0.29, 0.717) is 16.9 Å². The SMILES string of the molecule is O=C(Nc1cccc(NC(=O)c2cccnc2)c1)c1ccc(SC(F)(F)F)cc1. The molecule has 0 radical (unpaired) electrons. The molecule has 0 aliphatic carbocycles. The van der Waals surface area contributed by atoms with E-state index in [9.17, 15) is 22.8 Å². The predicted molar refractivity (Wildman–Crippen MR) is 105 cm³/mol. The molecule has 0 bridgehead atoms. The summed E-state index contributed by atoms with van der Waals surface area (Å²) in [5.74, 6) is -0.830. The molecule has 0 saturated carbocycles. The summed E-state index contributed by atoms with van der Waals surface area (Å²) >= 11 is -0.245. The second-order valence-corrected chi connectivity index (χ2v) is 6.94. The molecule has 2 N–H and O–H groups in total. The van der Waals surface area contributed by atoms with E-state index in [1.807, 2.05) is 0 Å². The normalized spacial score (nSPS) is 11.0. The minimum Gasteiger partial charge on any atom is -0.322 e. The summed E-state index contributed by atoms with van der Waals surface area (Å²) < 4.78 is 37.1. The van der Waals surface area contributed by atoms with E-state index in [2.05, 4.69) is 15.6 Å². The third-order valence-electron chi connectivity index (χ3n) is 3.65. The first-order valence-corrected chi connectivity index (χ1v) is 9.10. The van der Waals surface area contributed by atoms with Gasteiger partial charge in [0.2, 0.25) is 0 Å². The molecule has 0 fully saturated rings. The van der Waals surface area contributed by atoms with Gasteiger partial charge in [-0.25, -0.2) is 0 Å². The maximum absolute atomic E-state index is 12.4. The number of carbonyl (C=O) groups is 2. The number of thioether (sulfide) groups is 1. The van der Waals surface area contributed by atoms with Crippen molar-refractivity contribution in [3.63, 3.8) is 0 Å². The van der Waals surface area contributed by atoms with Gasteiger partial charge < -0.3 is 10.6 Å². The lowest BCUT2D eigenvalue weighted by atomic mass is 10.2. The molecule has 0 aliphatic heterocycles. The monoisotopic (exact) mass is 417 g/mol. The number of amides is 2. The van der Waals surface area contributed by atoms with Gasteiger partial charge in [-0.3, -0.25) is 14.6 Å². The van der Waals surface area contributed by atoms with Crippen LogP contribution >= 0.6 is 11.8 Å². The van der Waals surface area contributed by atoms with Crippen LogP contribution in [0, 0.1) is 0 Å². The highest BCUT2D eigenvalue weighted by molar-refractivity contribution is 8.00. The molecule has 0 saturated heterocycles. The zero-order valence-electron chi connectivity index (χ0n) is 14.7. The molecular formula is C20H14F3N3O2S. The van der Waals surface area contributed by atoms with Crippen LogP contribution in [-0.4, -0.2) is 22.3 Å². The molecular weight excluding hydrogens is 403 g/mol. The Bertz CT molecular complexity index is 1010. The van der Waals surface area contributed by atoms with Crippen molar-refractivity contribution in [2.24, 2.45) is 0 Å². The maximum Gasteiger partial charge on any atom is 0.446 e. The van der Waals surface area contributed by atoms with Crippen molar-refractivity contribution >= 4 is 35.0 Å². The summed E-state index contributed by atoms with van der Waals surface area (Å²) in [6.45, 7) is 0. The third kappa shape index (κ3) is 6.08. The van der Waals surface area contributed by atoms with Gasteiger partial charge >= 0.3 is 5.51 Å². The van der Waals surface area contributed by atoms with Crippen LogP contribution in [0.2, 0.25) is 0 Å². The van der Waals surface area contributed by atoms with E-state index in [4.69, 9.17) is 0 Å². The Labute approximate surface area is 168 Å². The lowest BCUT2D eigenvalue weighted by Crippen LogP contribution is -2.14. The Balaban J connectivity index is 1.65. The Morgan fingerprint density at radius 1 is 0.828 bits per heavy atom. The Kier molecular flexibility index (Phi) is 6.18. The molecule has 3 rings (SSSR count). The molecule has 5 nitrogen and oxygen atoms in total. The summed E-state index contributed by atoms with van der Waals surface area (Å²) in [5.41, 5.74) is -2.90. The number of aromatic nitrogens is 1. The Morgan fingerprint density at radius 3 is 2.00 bits per heavy atom. The zero-order valence-corrected chi connectivity index (χ0v) is 15.6. The first-order valence-electron chi connectivity index (χ1n) is 8.29. The van der Waals surface area contributed by atoms with Crippen molar-refractivity contribution in [3.05, 3.63) is 84.2 Å². The van der Waals surface area contributed by atoms with E-state index < -0.39 is 11.4 Å². The van der Waals surface area contributed by atoms with Gasteiger partial charge in [-0.2, -0.15) is 13.2 Å². The summed E-state index contributed by atoms with van der Waals surface area (Å²) in [4.78, 5) is 28.4. The number of nitrogens with one attached hydrogen (secondary N) is 2. The molecule has 0 unspecified atom stereocenters. The number of alkyl halides is 3. The summed E-state index contributed by atoms with van der Waals surface area (Å²) in [5, 5.41) is 5.35. The molecule has 0 spiro atoms. The van der Waals surface area contributed by atoms with Crippen LogP contribution in [0.5, 0.6) is 0 Å². The number of carbonyl (C=O) groups excluding carboxylic acids is 2. The summed E-state index contributed by atoms with van der Waals surface area (Å²) in [7, 11) is 0. The smallest absolute Gasteiger partial charge is 0.322 e. The third-order valence-corrected chi connectivity index (χ3v) is 4.39. The number of hydrogen-bond donors (Lipinski definition) is 2. The highest BCUT2D eigenvalue weighted by atomic mass is 32.2. The standard InChI is InChI=1S/C20H14F3N3O2S/c21-20(22,23)29-17-8-6-13(7-9-17)18(27)25-15-4-1-5-16(11-15)26-19(28)14-3-2-10-24-12-14/h1-12H,(H,25,27)(H,26,28). The number of anilines is 2. The highest BCUT2D eigenvalue weighted by Gasteiger charge is 2.29. The predicted octanol–water partition coefficient (Wildman–Crippen LogP) is 5.20. The topological polar surface area (TPSA) is 71.1 Å². The second kappa shape index (κ2) is 8.78. The van der Waals surface area contributed by atoms with Crippen molar-refractivity contribution in [1.29, 1.82) is 0 Å². The number of hydrogen-bond acceptors (Lipinski definition) is 4. The number of rotatable bonds is 5. The van der Waals surface area contributed by atoms with Gasteiger partial charge in [-0.1, -0.05) is 6.07 Å². The summed E-state index contributed by atoms with van der Waals surface area (Å²) in [6.07, 6.45) is 2.99. The van der Waals surface area contributed by atoms with Gasteiger partial charge in [0, 0.05) is 34.2 Å². The van der Waals surface area contributed by atoms with E-state index in [-0.39, 0.29) is 28.1 Å². The fourth-order valence-corrected chi connectivity index (χ4v) is 2.93. The average Bonchev–Trinajstić information content (AvgIpc) is 2.68. The van der Waals surface area contributed by atoms with Crippen molar-refractivity contribution in [1.82, 2.24) is 4.98 Å². The van der Waals surface area contributed by atoms with Gasteiger partial charge in [0.1, 0.15) is 0 Å². The van der Waals surface area contributed by atoms with Crippen LogP contribution in [-0.2, 0) is 0 Å². The number of halogens is 3. The fraction of sp³-hybridized carbons (Fsp3) is 0.0500. The molecule has 0 atom stereocenters. The number of nitrogens with zero attached hydrogens (tertiary/aromatic N) is 1. The lowest BCUT2D eigenvalue weighted by Gasteiger charge is -2.10. The van der Waals surface area contributed by atoms with E-state index in [1.165, 1.54) is 30.5 Å². The zero-order chi connectivity index (χ0) is 20.9. The van der Waals surface area contributed by atoms with Gasteiger partial charge in [0.05, 0.1) is 5.56 Å². The van der Waals surface area contributed by atoms with Gasteiger partial charge in [-0.05, 0) is 66.4 Å². The molecule has 29 heavy (non-hydrogen) atoms. The maximum atomic E-state index is 12.4. The van der Waals surface area contributed by atoms with Crippen molar-refractivity contribution < 1.29 is 22.8 Å². The van der Waals surface area contributed by atoms with E-state index in [1.54, 1.807) is 42.6 Å². The molecule has 0 aliphatic rings. The number of benzene rings is 2. The first kappa shape index (κ1) is 20.4. The van der Waals surface area contributed by atoms with Crippen LogP contribution in [0.15, 0.2) is 78.0 Å². The molecule has 2 aromatic carbocycles. The van der Waals surface area contributed by atoms with Gasteiger partial charge in [-0.15, -0.1) is 0 Å². The first-order chi connectivity index (χ1) is 13.8. The molecule has 9 heteroatoms. The van der Waals surface area contributed by atoms with Crippen LogP contribution in [0.4, 0.5) is 24.5 Å². The van der Waals surface area contributed by atoms with Gasteiger partial charge in [0.15, 0.2) is 0 Å². The second-order valence-electron chi connectivity index (χ2n) is 5.80. The van der Waals surface area contributed by atoms with Crippen LogP contribution in [0.3, 0.4) is 0 Å². The van der Waals surface area contributed by atoms with E-state index in [0.717, 1.165) is 0 Å². The van der Waals surface area contributed by atoms with E-state index >= 15 is 0 Å². The van der Waals surface area contributed by atoms with Crippen molar-refractivity contribution in [2.75, 3.05) is 10.6 Å². The van der Waals surface area contributed by atoms with Crippen molar-refractivity contribution in [3.8, 4) is 0 Å². The largest absolute Gasteiger partial charge is 0.446 e. The molecule has 3 aromatic rings. The summed E-state index contributed by atoms with van der Waals surface area (Å²) in [6, 6.07) is 14.9. The Hall–Kier alpha value is -3.33. The minimum absolute atomic E-state index is 0.00541. The number of pyridine rings is 1. The molecule has 1 aromatic heterocycles. The van der Waals surface area contributed by atoms with Crippen LogP contribution in [0.25, 0.3) is 0 Å². The lowest BCUT2D eigenvalue weighted by molar-refractivity contribution is -0.0328. The quantitative estimate of drug-likeness (QED) is 0.560. The van der Waals surface area contributed by atoms with Crippen LogP contribution in [0.1, 0.15) is 20.7 Å². The molecule has 2 amide bonds. The van der Waals surface area contributed by atoms with Gasteiger partial charge in [0.25, 0.3) is 11.8 Å². The minimum atomic E-state index is -4.38. The molecule has 148 valence electrons.